The topological polar surface area (TPSA) is 42.7 Å². The van der Waals surface area contributed by atoms with Crippen molar-refractivity contribution >= 4 is 5.82 Å². The summed E-state index contributed by atoms with van der Waals surface area (Å²) < 4.78 is 38.4. The number of rotatable bonds is 3. The van der Waals surface area contributed by atoms with Gasteiger partial charge in [-0.1, -0.05) is 6.07 Å². The largest absolute Gasteiger partial charge is 0.419 e. The molecule has 0 atom stereocenters. The summed E-state index contributed by atoms with van der Waals surface area (Å²) in [5, 5.41) is 6.64. The summed E-state index contributed by atoms with van der Waals surface area (Å²) in [6.07, 6.45) is -2.70. The van der Waals surface area contributed by atoms with Crippen LogP contribution >= 0.6 is 0 Å². The number of hydrogen-bond donors (Lipinski definition) is 1. The van der Waals surface area contributed by atoms with Crippen LogP contribution in [0.1, 0.15) is 12.5 Å². The van der Waals surface area contributed by atoms with Gasteiger partial charge in [0.1, 0.15) is 5.82 Å². The Morgan fingerprint density at radius 2 is 2.11 bits per heavy atom. The maximum atomic E-state index is 12.4. The molecule has 1 N–H and O–H groups in total. The van der Waals surface area contributed by atoms with Crippen LogP contribution in [0.25, 0.3) is 5.82 Å². The molecule has 2 aromatic heterocycles. The first-order chi connectivity index (χ1) is 8.50. The average molecular weight is 256 g/mol. The van der Waals surface area contributed by atoms with Crippen LogP contribution in [0.5, 0.6) is 0 Å². The fourth-order valence-corrected chi connectivity index (χ4v) is 1.42. The lowest BCUT2D eigenvalue weighted by Crippen LogP contribution is -2.04. The molecule has 0 unspecified atom stereocenters. The Labute approximate surface area is 101 Å². The summed E-state index contributed by atoms with van der Waals surface area (Å²) in [5.41, 5.74) is -0.793. The first-order valence-corrected chi connectivity index (χ1v) is 5.34. The molecule has 0 spiro atoms. The van der Waals surface area contributed by atoms with Crippen LogP contribution < -0.4 is 5.32 Å². The molecule has 96 valence electrons. The Kier molecular flexibility index (Phi) is 3.22. The van der Waals surface area contributed by atoms with Gasteiger partial charge in [-0.25, -0.2) is 9.67 Å². The van der Waals surface area contributed by atoms with Crippen molar-refractivity contribution in [2.75, 3.05) is 11.9 Å². The van der Waals surface area contributed by atoms with E-state index < -0.39 is 11.7 Å². The molecule has 0 saturated heterocycles. The summed E-state index contributed by atoms with van der Waals surface area (Å²) >= 11 is 0. The van der Waals surface area contributed by atoms with Crippen LogP contribution in [0, 0.1) is 0 Å². The van der Waals surface area contributed by atoms with E-state index in [1.807, 2.05) is 6.92 Å². The summed E-state index contributed by atoms with van der Waals surface area (Å²) in [5.74, 6) is 0.933. The molecule has 0 amide bonds. The van der Waals surface area contributed by atoms with Gasteiger partial charge in [0.05, 0.1) is 11.8 Å². The van der Waals surface area contributed by atoms with Crippen LogP contribution in [0.3, 0.4) is 0 Å². The fourth-order valence-electron chi connectivity index (χ4n) is 1.42. The van der Waals surface area contributed by atoms with Gasteiger partial charge in [0.2, 0.25) is 0 Å². The highest BCUT2D eigenvalue weighted by molar-refractivity contribution is 5.39. The summed E-state index contributed by atoms with van der Waals surface area (Å²) in [4.78, 5) is 4.15. The van der Waals surface area contributed by atoms with Crippen LogP contribution in [0.2, 0.25) is 0 Å². The smallest absolute Gasteiger partial charge is 0.370 e. The third-order valence-electron chi connectivity index (χ3n) is 2.24. The van der Waals surface area contributed by atoms with Crippen molar-refractivity contribution in [2.45, 2.75) is 13.1 Å². The van der Waals surface area contributed by atoms with E-state index >= 15 is 0 Å². The number of hydrogen-bond acceptors (Lipinski definition) is 3. The van der Waals surface area contributed by atoms with E-state index in [0.717, 1.165) is 17.1 Å². The molecular weight excluding hydrogens is 245 g/mol. The van der Waals surface area contributed by atoms with Crippen molar-refractivity contribution in [1.29, 1.82) is 0 Å². The highest BCUT2D eigenvalue weighted by Gasteiger charge is 2.32. The Morgan fingerprint density at radius 1 is 1.33 bits per heavy atom. The van der Waals surface area contributed by atoms with Crippen LogP contribution in [0.4, 0.5) is 19.0 Å². The number of alkyl halides is 3. The van der Waals surface area contributed by atoms with E-state index in [1.165, 1.54) is 0 Å². The SMILES string of the molecule is CCNc1cccc(-n2cc(C(F)(F)F)cn2)n1. The van der Waals surface area contributed by atoms with Crippen LogP contribution in [-0.2, 0) is 6.18 Å². The molecule has 2 aromatic rings. The van der Waals surface area contributed by atoms with Crippen molar-refractivity contribution in [3.05, 3.63) is 36.2 Å². The maximum absolute atomic E-state index is 12.4. The van der Waals surface area contributed by atoms with E-state index in [1.54, 1.807) is 18.2 Å². The highest BCUT2D eigenvalue weighted by atomic mass is 19.4. The number of halogens is 3. The van der Waals surface area contributed by atoms with Gasteiger partial charge in [0, 0.05) is 12.7 Å². The average Bonchev–Trinajstić information content (AvgIpc) is 2.78. The van der Waals surface area contributed by atoms with Crippen LogP contribution in [-0.4, -0.2) is 21.3 Å². The minimum atomic E-state index is -4.39. The second-order valence-electron chi connectivity index (χ2n) is 3.58. The lowest BCUT2D eigenvalue weighted by molar-refractivity contribution is -0.137. The van der Waals surface area contributed by atoms with Crippen molar-refractivity contribution in [1.82, 2.24) is 14.8 Å². The first kappa shape index (κ1) is 12.4. The van der Waals surface area contributed by atoms with Gasteiger partial charge in [-0.3, -0.25) is 0 Å². The molecule has 2 heterocycles. The lowest BCUT2D eigenvalue weighted by Gasteiger charge is -2.05. The van der Waals surface area contributed by atoms with Crippen LogP contribution in [0.15, 0.2) is 30.6 Å². The molecule has 7 heteroatoms. The van der Waals surface area contributed by atoms with Gasteiger partial charge in [0.25, 0.3) is 0 Å². The fraction of sp³-hybridized carbons (Fsp3) is 0.273. The summed E-state index contributed by atoms with van der Waals surface area (Å²) in [7, 11) is 0. The minimum absolute atomic E-state index is 0.337. The Morgan fingerprint density at radius 3 is 2.72 bits per heavy atom. The molecule has 0 aromatic carbocycles. The molecule has 0 aliphatic rings. The van der Waals surface area contributed by atoms with E-state index in [2.05, 4.69) is 15.4 Å². The Balaban J connectivity index is 2.31. The number of aromatic nitrogens is 3. The third-order valence-corrected chi connectivity index (χ3v) is 2.24. The Bertz CT molecular complexity index is 533. The number of pyridine rings is 1. The summed E-state index contributed by atoms with van der Waals surface area (Å²) in [6, 6.07) is 5.03. The predicted molar refractivity (Wildman–Crippen MR) is 60.5 cm³/mol. The zero-order valence-corrected chi connectivity index (χ0v) is 9.57. The summed E-state index contributed by atoms with van der Waals surface area (Å²) in [6.45, 7) is 2.59. The van der Waals surface area contributed by atoms with E-state index in [4.69, 9.17) is 0 Å². The van der Waals surface area contributed by atoms with Crippen molar-refractivity contribution < 1.29 is 13.2 Å². The molecule has 2 rings (SSSR count). The number of nitrogens with one attached hydrogen (secondary N) is 1. The lowest BCUT2D eigenvalue weighted by atomic mass is 10.3. The van der Waals surface area contributed by atoms with Gasteiger partial charge in [0.15, 0.2) is 5.82 Å². The van der Waals surface area contributed by atoms with Crippen molar-refractivity contribution in [2.24, 2.45) is 0 Å². The van der Waals surface area contributed by atoms with Gasteiger partial charge in [-0.15, -0.1) is 0 Å². The second kappa shape index (κ2) is 4.67. The van der Waals surface area contributed by atoms with Gasteiger partial charge >= 0.3 is 6.18 Å². The number of nitrogens with zero attached hydrogens (tertiary/aromatic N) is 3. The van der Waals surface area contributed by atoms with Crippen molar-refractivity contribution in [3.63, 3.8) is 0 Å². The Hall–Kier alpha value is -2.05. The van der Waals surface area contributed by atoms with Crippen molar-refractivity contribution in [3.8, 4) is 5.82 Å². The first-order valence-electron chi connectivity index (χ1n) is 5.34. The quantitative estimate of drug-likeness (QED) is 0.918. The zero-order valence-electron chi connectivity index (χ0n) is 9.57. The predicted octanol–water partition coefficient (Wildman–Crippen LogP) is 2.72. The molecule has 0 fully saturated rings. The van der Waals surface area contributed by atoms with Gasteiger partial charge < -0.3 is 5.32 Å². The molecule has 0 bridgehead atoms. The standard InChI is InChI=1S/C11H11F3N4/c1-2-15-9-4-3-5-10(17-9)18-7-8(6-16-18)11(12,13)14/h3-7H,2H2,1H3,(H,15,17). The van der Waals surface area contributed by atoms with E-state index in [-0.39, 0.29) is 0 Å². The molecule has 0 aliphatic carbocycles. The monoisotopic (exact) mass is 256 g/mol. The second-order valence-corrected chi connectivity index (χ2v) is 3.58. The third kappa shape index (κ3) is 2.61. The van der Waals surface area contributed by atoms with E-state index in [9.17, 15) is 13.2 Å². The molecule has 18 heavy (non-hydrogen) atoms. The zero-order chi connectivity index (χ0) is 13.2. The molecular formula is C11H11F3N4. The maximum Gasteiger partial charge on any atom is 0.419 e. The number of anilines is 1. The van der Waals surface area contributed by atoms with Gasteiger partial charge in [-0.05, 0) is 19.1 Å². The van der Waals surface area contributed by atoms with E-state index in [0.29, 0.717) is 18.2 Å². The molecule has 0 saturated carbocycles. The molecule has 4 nitrogen and oxygen atoms in total. The van der Waals surface area contributed by atoms with Gasteiger partial charge in [-0.2, -0.15) is 18.3 Å². The minimum Gasteiger partial charge on any atom is -0.370 e. The normalized spacial score (nSPS) is 11.6. The molecule has 0 radical (unpaired) electrons. The highest BCUT2D eigenvalue weighted by Crippen LogP contribution is 2.28. The molecule has 0 aliphatic heterocycles.